The minimum Gasteiger partial charge on any atom is -0.382 e. The standard InChI is InChI=1S/C8H8N2O2S.C4H5N3/c9-13(11,12)8-5-6-3-1-2-4-7(6)10-8;5-4-3-6-1-2-7-4/h1-5,10H,(H2,9,11,12);1-3H,(H2,5,7). The molecule has 5 N–H and O–H groups in total. The predicted molar refractivity (Wildman–Crippen MR) is 76.1 cm³/mol. The summed E-state index contributed by atoms with van der Waals surface area (Å²) in [4.78, 5) is 10.1. The Morgan fingerprint density at radius 3 is 2.40 bits per heavy atom. The van der Waals surface area contributed by atoms with Crippen LogP contribution >= 0.6 is 0 Å². The Morgan fingerprint density at radius 1 is 1.15 bits per heavy atom. The van der Waals surface area contributed by atoms with E-state index in [-0.39, 0.29) is 5.03 Å². The van der Waals surface area contributed by atoms with E-state index in [1.165, 1.54) is 12.3 Å². The van der Waals surface area contributed by atoms with E-state index in [2.05, 4.69) is 15.0 Å². The number of fused-ring (bicyclic) bond motifs is 1. The Bertz CT molecular complexity index is 766. The number of hydrogen-bond acceptors (Lipinski definition) is 5. The van der Waals surface area contributed by atoms with Crippen molar-refractivity contribution >= 4 is 26.7 Å². The number of para-hydroxylation sites is 1. The fourth-order valence-electron chi connectivity index (χ4n) is 1.51. The van der Waals surface area contributed by atoms with Crippen molar-refractivity contribution in [3.05, 3.63) is 48.9 Å². The highest BCUT2D eigenvalue weighted by atomic mass is 32.2. The van der Waals surface area contributed by atoms with Gasteiger partial charge in [0.05, 0.1) is 6.20 Å². The number of primary sulfonamides is 1. The molecule has 0 fully saturated rings. The first-order chi connectivity index (χ1) is 9.47. The van der Waals surface area contributed by atoms with Crippen LogP contribution in [0.25, 0.3) is 10.9 Å². The van der Waals surface area contributed by atoms with Gasteiger partial charge in [0.25, 0.3) is 10.0 Å². The van der Waals surface area contributed by atoms with Gasteiger partial charge < -0.3 is 10.7 Å². The van der Waals surface area contributed by atoms with Gasteiger partial charge in [-0.05, 0) is 12.1 Å². The van der Waals surface area contributed by atoms with Crippen molar-refractivity contribution in [2.75, 3.05) is 5.73 Å². The minimum atomic E-state index is -3.62. The third kappa shape index (κ3) is 3.53. The largest absolute Gasteiger partial charge is 0.382 e. The lowest BCUT2D eigenvalue weighted by atomic mass is 10.3. The lowest BCUT2D eigenvalue weighted by molar-refractivity contribution is 0.595. The van der Waals surface area contributed by atoms with E-state index in [9.17, 15) is 8.42 Å². The van der Waals surface area contributed by atoms with Crippen LogP contribution in [0.15, 0.2) is 53.9 Å². The van der Waals surface area contributed by atoms with E-state index in [4.69, 9.17) is 10.9 Å². The van der Waals surface area contributed by atoms with Gasteiger partial charge in [-0.15, -0.1) is 0 Å². The number of hydrogen-bond donors (Lipinski definition) is 3. The predicted octanol–water partition coefficient (Wildman–Crippen LogP) is 0.874. The number of benzene rings is 1. The number of nitrogens with zero attached hydrogens (tertiary/aromatic N) is 2. The molecule has 3 aromatic rings. The number of rotatable bonds is 1. The Kier molecular flexibility index (Phi) is 3.97. The molecule has 3 rings (SSSR count). The number of aromatic amines is 1. The van der Waals surface area contributed by atoms with Gasteiger partial charge in [0.2, 0.25) is 0 Å². The molecule has 7 nitrogen and oxygen atoms in total. The van der Waals surface area contributed by atoms with Crippen LogP contribution in [0, 0.1) is 0 Å². The first-order valence-electron chi connectivity index (χ1n) is 5.59. The molecule has 0 aliphatic heterocycles. The van der Waals surface area contributed by atoms with Crippen LogP contribution < -0.4 is 10.9 Å². The average Bonchev–Trinajstić information content (AvgIpc) is 2.84. The highest BCUT2D eigenvalue weighted by Crippen LogP contribution is 2.16. The molecular formula is C12H13N5O2S. The van der Waals surface area contributed by atoms with Crippen LogP contribution in [0.2, 0.25) is 0 Å². The summed E-state index contributed by atoms with van der Waals surface area (Å²) in [5.41, 5.74) is 5.95. The highest BCUT2D eigenvalue weighted by molar-refractivity contribution is 7.89. The van der Waals surface area contributed by atoms with E-state index < -0.39 is 10.0 Å². The molecule has 0 spiro atoms. The highest BCUT2D eigenvalue weighted by Gasteiger charge is 2.10. The van der Waals surface area contributed by atoms with Crippen LogP contribution in [0.5, 0.6) is 0 Å². The van der Waals surface area contributed by atoms with E-state index in [1.807, 2.05) is 18.2 Å². The second-order valence-electron chi connectivity index (χ2n) is 3.90. The minimum absolute atomic E-state index is 0.0497. The number of H-pyrrole nitrogens is 1. The summed E-state index contributed by atoms with van der Waals surface area (Å²) in [5.74, 6) is 0.461. The van der Waals surface area contributed by atoms with E-state index in [0.29, 0.717) is 5.82 Å². The number of nitrogen functional groups attached to an aromatic ring is 1. The average molecular weight is 291 g/mol. The summed E-state index contributed by atoms with van der Waals surface area (Å²) < 4.78 is 21.9. The van der Waals surface area contributed by atoms with Gasteiger partial charge in [-0.1, -0.05) is 18.2 Å². The molecule has 0 bridgehead atoms. The number of sulfonamides is 1. The molecule has 0 atom stereocenters. The summed E-state index contributed by atoms with van der Waals surface area (Å²) in [7, 11) is -3.62. The molecule has 20 heavy (non-hydrogen) atoms. The maximum absolute atomic E-state index is 10.9. The molecule has 1 aromatic carbocycles. The van der Waals surface area contributed by atoms with Crippen LogP contribution in [-0.4, -0.2) is 23.4 Å². The number of anilines is 1. The van der Waals surface area contributed by atoms with Gasteiger partial charge in [-0.2, -0.15) is 0 Å². The second-order valence-corrected chi connectivity index (χ2v) is 5.43. The van der Waals surface area contributed by atoms with Crippen molar-refractivity contribution in [3.63, 3.8) is 0 Å². The van der Waals surface area contributed by atoms with Gasteiger partial charge in [0, 0.05) is 23.3 Å². The Hall–Kier alpha value is -2.45. The summed E-state index contributed by atoms with van der Waals surface area (Å²) in [5, 5.41) is 5.85. The molecule has 2 heterocycles. The topological polar surface area (TPSA) is 128 Å². The molecule has 2 aromatic heterocycles. The summed E-state index contributed by atoms with van der Waals surface area (Å²) in [6.07, 6.45) is 4.63. The van der Waals surface area contributed by atoms with Crippen molar-refractivity contribution in [2.45, 2.75) is 5.03 Å². The second kappa shape index (κ2) is 5.68. The zero-order chi connectivity index (χ0) is 14.6. The van der Waals surface area contributed by atoms with Crippen LogP contribution in [0.1, 0.15) is 0 Å². The van der Waals surface area contributed by atoms with Crippen LogP contribution in [0.3, 0.4) is 0 Å². The molecule has 0 saturated heterocycles. The SMILES string of the molecule is NS(=O)(=O)c1cc2ccccc2[nH]1.Nc1cnccn1. The first-order valence-corrected chi connectivity index (χ1v) is 7.13. The van der Waals surface area contributed by atoms with Crippen molar-refractivity contribution < 1.29 is 8.42 Å². The van der Waals surface area contributed by atoms with Crippen molar-refractivity contribution in [2.24, 2.45) is 5.14 Å². The zero-order valence-electron chi connectivity index (χ0n) is 10.4. The Labute approximate surface area is 115 Å². The van der Waals surface area contributed by atoms with Crippen molar-refractivity contribution in [1.29, 1.82) is 0 Å². The number of nitrogens with one attached hydrogen (secondary N) is 1. The molecule has 8 heteroatoms. The van der Waals surface area contributed by atoms with E-state index >= 15 is 0 Å². The monoisotopic (exact) mass is 291 g/mol. The molecule has 0 aliphatic carbocycles. The molecular weight excluding hydrogens is 278 g/mol. The van der Waals surface area contributed by atoms with Gasteiger partial charge in [0.1, 0.15) is 10.8 Å². The molecule has 0 radical (unpaired) electrons. The quantitative estimate of drug-likeness (QED) is 0.613. The lowest BCUT2D eigenvalue weighted by Gasteiger charge is -1.89. The number of aromatic nitrogens is 3. The third-order valence-corrected chi connectivity index (χ3v) is 3.23. The molecule has 0 unspecified atom stereocenters. The molecule has 0 aliphatic rings. The van der Waals surface area contributed by atoms with Crippen LogP contribution in [-0.2, 0) is 10.0 Å². The lowest BCUT2D eigenvalue weighted by Crippen LogP contribution is -2.12. The van der Waals surface area contributed by atoms with Crippen molar-refractivity contribution in [1.82, 2.24) is 15.0 Å². The zero-order valence-corrected chi connectivity index (χ0v) is 11.2. The normalized spacial score (nSPS) is 10.8. The third-order valence-electron chi connectivity index (χ3n) is 2.39. The maximum atomic E-state index is 10.9. The summed E-state index contributed by atoms with van der Waals surface area (Å²) in [6, 6.07) is 8.80. The van der Waals surface area contributed by atoms with Crippen molar-refractivity contribution in [3.8, 4) is 0 Å². The molecule has 104 valence electrons. The number of nitrogens with two attached hydrogens (primary N) is 2. The Balaban J connectivity index is 0.000000178. The smallest absolute Gasteiger partial charge is 0.253 e. The van der Waals surface area contributed by atoms with Gasteiger partial charge in [0.15, 0.2) is 0 Å². The Morgan fingerprint density at radius 2 is 1.90 bits per heavy atom. The summed E-state index contributed by atoms with van der Waals surface area (Å²) in [6.45, 7) is 0. The van der Waals surface area contributed by atoms with Gasteiger partial charge >= 0.3 is 0 Å². The van der Waals surface area contributed by atoms with Gasteiger partial charge in [-0.25, -0.2) is 18.5 Å². The fraction of sp³-hybridized carbons (Fsp3) is 0. The maximum Gasteiger partial charge on any atom is 0.253 e. The van der Waals surface area contributed by atoms with E-state index in [1.54, 1.807) is 18.5 Å². The first kappa shape index (κ1) is 14.0. The van der Waals surface area contributed by atoms with Crippen LogP contribution in [0.4, 0.5) is 5.82 Å². The van der Waals surface area contributed by atoms with E-state index in [0.717, 1.165) is 10.9 Å². The molecule has 0 saturated carbocycles. The van der Waals surface area contributed by atoms with Gasteiger partial charge in [-0.3, -0.25) is 4.98 Å². The molecule has 0 amide bonds. The summed E-state index contributed by atoms with van der Waals surface area (Å²) >= 11 is 0. The fourth-order valence-corrected chi connectivity index (χ4v) is 2.05.